The van der Waals surface area contributed by atoms with Crippen molar-refractivity contribution in [3.8, 4) is 0 Å². The minimum atomic E-state index is -0.469. The topological polar surface area (TPSA) is 87.3 Å². The van der Waals surface area contributed by atoms with Crippen LogP contribution < -0.4 is 16.0 Å². The third kappa shape index (κ3) is 5.89. The number of thiophene rings is 1. The quantitative estimate of drug-likeness (QED) is 0.517. The lowest BCUT2D eigenvalue weighted by Gasteiger charge is -2.12. The summed E-state index contributed by atoms with van der Waals surface area (Å²) in [6, 6.07) is 17.6. The van der Waals surface area contributed by atoms with Gasteiger partial charge in [0.2, 0.25) is 5.91 Å². The highest BCUT2D eigenvalue weighted by molar-refractivity contribution is 7.10. The number of hydrogen-bond acceptors (Lipinski definition) is 4. The lowest BCUT2D eigenvalue weighted by molar-refractivity contribution is -0.114. The second-order valence-corrected chi connectivity index (χ2v) is 7.59. The van der Waals surface area contributed by atoms with Crippen molar-refractivity contribution < 1.29 is 14.4 Å². The van der Waals surface area contributed by atoms with Crippen LogP contribution in [-0.2, 0) is 9.59 Å². The molecule has 3 N–H and O–H groups in total. The van der Waals surface area contributed by atoms with Crippen molar-refractivity contribution in [1.82, 2.24) is 5.32 Å². The molecule has 0 aliphatic carbocycles. The summed E-state index contributed by atoms with van der Waals surface area (Å²) in [6.07, 6.45) is 1.63. The number of carbonyl (C=O) groups is 3. The first-order valence-corrected chi connectivity index (χ1v) is 10.1. The number of rotatable bonds is 6. The number of hydrogen-bond donors (Lipinski definition) is 3. The smallest absolute Gasteiger partial charge is 0.272 e. The molecule has 7 heteroatoms. The van der Waals surface area contributed by atoms with Crippen LogP contribution in [0.1, 0.15) is 27.7 Å². The van der Waals surface area contributed by atoms with Gasteiger partial charge in [-0.15, -0.1) is 11.3 Å². The monoisotopic (exact) mass is 419 g/mol. The van der Waals surface area contributed by atoms with Gasteiger partial charge >= 0.3 is 0 Å². The lowest BCUT2D eigenvalue weighted by Crippen LogP contribution is -2.30. The van der Waals surface area contributed by atoms with Crippen LogP contribution >= 0.6 is 11.3 Å². The summed E-state index contributed by atoms with van der Waals surface area (Å²) < 4.78 is 0. The first-order valence-electron chi connectivity index (χ1n) is 9.23. The van der Waals surface area contributed by atoms with E-state index < -0.39 is 5.91 Å². The minimum Gasteiger partial charge on any atom is -0.326 e. The van der Waals surface area contributed by atoms with Crippen LogP contribution in [0.4, 0.5) is 11.4 Å². The van der Waals surface area contributed by atoms with Crippen LogP contribution in [0.2, 0.25) is 0 Å². The van der Waals surface area contributed by atoms with Crippen molar-refractivity contribution in [3.05, 3.63) is 87.7 Å². The third-order valence-corrected chi connectivity index (χ3v) is 4.90. The zero-order chi connectivity index (χ0) is 21.5. The molecule has 1 heterocycles. The Bertz CT molecular complexity index is 1090. The van der Waals surface area contributed by atoms with Gasteiger partial charge in [0.25, 0.3) is 11.8 Å². The number of carbonyl (C=O) groups excluding carboxylic acids is 3. The molecule has 0 unspecified atom stereocenters. The molecule has 3 rings (SSSR count). The van der Waals surface area contributed by atoms with E-state index in [9.17, 15) is 14.4 Å². The highest BCUT2D eigenvalue weighted by Crippen LogP contribution is 2.18. The van der Waals surface area contributed by atoms with E-state index in [2.05, 4.69) is 16.0 Å². The largest absolute Gasteiger partial charge is 0.326 e. The molecule has 30 heavy (non-hydrogen) atoms. The van der Waals surface area contributed by atoms with Crippen molar-refractivity contribution in [2.24, 2.45) is 0 Å². The van der Waals surface area contributed by atoms with Gasteiger partial charge < -0.3 is 16.0 Å². The fourth-order valence-electron chi connectivity index (χ4n) is 2.65. The van der Waals surface area contributed by atoms with Gasteiger partial charge in [-0.3, -0.25) is 14.4 Å². The summed E-state index contributed by atoms with van der Waals surface area (Å²) in [5.41, 5.74) is 2.67. The Balaban J connectivity index is 1.82. The van der Waals surface area contributed by atoms with Crippen LogP contribution in [0.5, 0.6) is 0 Å². The van der Waals surface area contributed by atoms with Crippen molar-refractivity contribution in [3.63, 3.8) is 0 Å². The molecule has 6 nitrogen and oxygen atoms in total. The Labute approximate surface area is 178 Å². The van der Waals surface area contributed by atoms with Gasteiger partial charge in [-0.1, -0.05) is 29.8 Å². The molecular weight excluding hydrogens is 398 g/mol. The van der Waals surface area contributed by atoms with Crippen LogP contribution in [0, 0.1) is 6.92 Å². The van der Waals surface area contributed by atoms with Gasteiger partial charge in [-0.2, -0.15) is 0 Å². The second kappa shape index (κ2) is 9.67. The number of benzene rings is 2. The van der Waals surface area contributed by atoms with Crippen molar-refractivity contribution in [2.75, 3.05) is 10.6 Å². The summed E-state index contributed by atoms with van der Waals surface area (Å²) in [5.74, 6) is -1.05. The Hall–Kier alpha value is -3.71. The number of aryl methyl sites for hydroxylation is 1. The Morgan fingerprint density at radius 1 is 0.900 bits per heavy atom. The highest BCUT2D eigenvalue weighted by atomic mass is 32.1. The van der Waals surface area contributed by atoms with Gasteiger partial charge in [-0.25, -0.2) is 0 Å². The molecule has 0 saturated carbocycles. The molecule has 0 saturated heterocycles. The van der Waals surface area contributed by atoms with E-state index in [1.807, 2.05) is 36.6 Å². The maximum absolute atomic E-state index is 12.9. The van der Waals surface area contributed by atoms with Crippen molar-refractivity contribution >= 4 is 46.5 Å². The fourth-order valence-corrected chi connectivity index (χ4v) is 3.31. The average Bonchev–Trinajstić information content (AvgIpc) is 3.21. The van der Waals surface area contributed by atoms with Gasteiger partial charge in [0, 0.05) is 28.7 Å². The van der Waals surface area contributed by atoms with Gasteiger partial charge in [0.15, 0.2) is 0 Å². The Morgan fingerprint density at radius 3 is 2.23 bits per heavy atom. The second-order valence-electron chi connectivity index (χ2n) is 6.61. The average molecular weight is 420 g/mol. The Kier molecular flexibility index (Phi) is 6.77. The number of amides is 3. The van der Waals surface area contributed by atoms with E-state index >= 15 is 0 Å². The molecule has 3 aromatic rings. The highest BCUT2D eigenvalue weighted by Gasteiger charge is 2.15. The molecule has 0 bridgehead atoms. The van der Waals surface area contributed by atoms with Crippen molar-refractivity contribution in [1.29, 1.82) is 0 Å². The van der Waals surface area contributed by atoms with Gasteiger partial charge in [-0.05, 0) is 54.8 Å². The molecular formula is C23H21N3O3S. The predicted molar refractivity (Wildman–Crippen MR) is 120 cm³/mol. The molecule has 0 spiro atoms. The van der Waals surface area contributed by atoms with E-state index in [-0.39, 0.29) is 17.5 Å². The molecule has 0 radical (unpaired) electrons. The first-order chi connectivity index (χ1) is 14.4. The fraction of sp³-hybridized carbons (Fsp3) is 0.0870. The molecule has 0 fully saturated rings. The summed E-state index contributed by atoms with van der Waals surface area (Å²) >= 11 is 1.45. The summed E-state index contributed by atoms with van der Waals surface area (Å²) in [6.45, 7) is 3.35. The molecule has 0 aliphatic rings. The van der Waals surface area contributed by atoms with Crippen LogP contribution in [0.3, 0.4) is 0 Å². The standard InChI is InChI=1S/C23H21N3O3S/c1-15-8-10-17(11-9-15)22(28)26-21(14-20-7-4-12-30-20)23(29)25-19-6-3-5-18(13-19)24-16(2)27/h3-14H,1-2H3,(H,24,27)(H,25,29)(H,26,28)/b21-14-. The van der Waals surface area contributed by atoms with E-state index in [0.717, 1.165) is 10.4 Å². The molecule has 152 valence electrons. The number of anilines is 2. The van der Waals surface area contributed by atoms with Crippen molar-refractivity contribution in [2.45, 2.75) is 13.8 Å². The SMILES string of the molecule is CC(=O)Nc1cccc(NC(=O)/C(=C/c2cccs2)NC(=O)c2ccc(C)cc2)c1. The normalized spacial score (nSPS) is 10.9. The maximum Gasteiger partial charge on any atom is 0.272 e. The maximum atomic E-state index is 12.9. The van der Waals surface area contributed by atoms with E-state index in [1.54, 1.807) is 42.5 Å². The third-order valence-electron chi connectivity index (χ3n) is 4.08. The summed E-state index contributed by atoms with van der Waals surface area (Å²) in [4.78, 5) is 37.7. The summed E-state index contributed by atoms with van der Waals surface area (Å²) in [5, 5.41) is 10.0. The zero-order valence-electron chi connectivity index (χ0n) is 16.6. The van der Waals surface area contributed by atoms with E-state index in [4.69, 9.17) is 0 Å². The molecule has 1 aromatic heterocycles. The molecule has 0 aliphatic heterocycles. The van der Waals surface area contributed by atoms with E-state index in [1.165, 1.54) is 18.3 Å². The number of nitrogens with one attached hydrogen (secondary N) is 3. The Morgan fingerprint density at radius 2 is 1.60 bits per heavy atom. The van der Waals surface area contributed by atoms with E-state index in [0.29, 0.717) is 16.9 Å². The van der Waals surface area contributed by atoms with Gasteiger partial charge in [0.1, 0.15) is 5.70 Å². The zero-order valence-corrected chi connectivity index (χ0v) is 17.4. The first kappa shape index (κ1) is 21.0. The molecule has 0 atom stereocenters. The van der Waals surface area contributed by atoms with Gasteiger partial charge in [0.05, 0.1) is 0 Å². The predicted octanol–water partition coefficient (Wildman–Crippen LogP) is 4.42. The van der Waals surface area contributed by atoms with Crippen LogP contribution in [-0.4, -0.2) is 17.7 Å². The minimum absolute atomic E-state index is 0.118. The van der Waals surface area contributed by atoms with Crippen LogP contribution in [0.15, 0.2) is 71.7 Å². The molecule has 3 amide bonds. The molecule has 2 aromatic carbocycles. The summed E-state index contributed by atoms with van der Waals surface area (Å²) in [7, 11) is 0. The lowest BCUT2D eigenvalue weighted by atomic mass is 10.1. The van der Waals surface area contributed by atoms with Crippen LogP contribution in [0.25, 0.3) is 6.08 Å².